The van der Waals surface area contributed by atoms with Gasteiger partial charge in [0.1, 0.15) is 0 Å². The van der Waals surface area contributed by atoms with E-state index in [1.54, 1.807) is 19.2 Å². The fourth-order valence-electron chi connectivity index (χ4n) is 2.97. The summed E-state index contributed by atoms with van der Waals surface area (Å²) in [4.78, 5) is 12.8. The summed E-state index contributed by atoms with van der Waals surface area (Å²) in [5.41, 5.74) is 1.79. The maximum absolute atomic E-state index is 12.8. The first-order valence-electron chi connectivity index (χ1n) is 7.82. The second-order valence-corrected chi connectivity index (χ2v) is 6.10. The van der Waals surface area contributed by atoms with Crippen LogP contribution in [0.1, 0.15) is 29.9 Å². The van der Waals surface area contributed by atoms with Crippen molar-refractivity contribution in [3.8, 4) is 6.01 Å². The Balaban J connectivity index is 1.55. The van der Waals surface area contributed by atoms with Crippen molar-refractivity contribution in [3.05, 3.63) is 53.5 Å². The molecule has 0 radical (unpaired) electrons. The van der Waals surface area contributed by atoms with Crippen LogP contribution in [0.3, 0.4) is 0 Å². The van der Waals surface area contributed by atoms with Crippen LogP contribution in [-0.4, -0.2) is 25.9 Å². The molecule has 0 bridgehead atoms. The highest BCUT2D eigenvalue weighted by molar-refractivity contribution is 6.01. The standard InChI is InChI=1S/C17H17N5O2/c1-11-5-3-4-6-13(11)17(8-9-17)15(23)18-14-7-10-22(21-14)16-20-19-12(2)24-16/h3-7,10H,8-9H2,1-2H3,(H,18,21,23). The quantitative estimate of drug-likeness (QED) is 0.797. The Bertz CT molecular complexity index is 907. The van der Waals surface area contributed by atoms with Crippen molar-refractivity contribution in [1.29, 1.82) is 0 Å². The minimum Gasteiger partial charge on any atom is -0.407 e. The van der Waals surface area contributed by atoms with E-state index in [0.717, 1.165) is 24.0 Å². The number of carbonyl (C=O) groups is 1. The lowest BCUT2D eigenvalue weighted by Gasteiger charge is -2.17. The Morgan fingerprint density at radius 1 is 1.21 bits per heavy atom. The van der Waals surface area contributed by atoms with Gasteiger partial charge in [-0.05, 0) is 30.9 Å². The molecule has 0 aliphatic heterocycles. The number of nitrogens with zero attached hydrogens (tertiary/aromatic N) is 4. The number of hydrogen-bond acceptors (Lipinski definition) is 5. The third kappa shape index (κ3) is 2.38. The minimum atomic E-state index is -0.434. The molecule has 0 unspecified atom stereocenters. The summed E-state index contributed by atoms with van der Waals surface area (Å²) in [6, 6.07) is 10.0. The number of aryl methyl sites for hydroxylation is 2. The molecule has 0 atom stereocenters. The largest absolute Gasteiger partial charge is 0.407 e. The van der Waals surface area contributed by atoms with Crippen molar-refractivity contribution >= 4 is 11.7 Å². The SMILES string of the molecule is Cc1nnc(-n2ccc(NC(=O)C3(c4ccccc4C)CC3)n2)o1. The smallest absolute Gasteiger partial charge is 0.343 e. The molecular weight excluding hydrogens is 306 g/mol. The number of benzene rings is 1. The minimum absolute atomic E-state index is 0.0243. The van der Waals surface area contributed by atoms with Gasteiger partial charge in [-0.3, -0.25) is 4.79 Å². The number of rotatable bonds is 4. The van der Waals surface area contributed by atoms with Gasteiger partial charge in [-0.25, -0.2) is 0 Å². The van der Waals surface area contributed by atoms with Gasteiger partial charge in [0.2, 0.25) is 11.8 Å². The Labute approximate surface area is 138 Å². The molecule has 1 fully saturated rings. The maximum Gasteiger partial charge on any atom is 0.343 e. The van der Waals surface area contributed by atoms with E-state index in [1.165, 1.54) is 4.68 Å². The summed E-state index contributed by atoms with van der Waals surface area (Å²) in [6.07, 6.45) is 3.39. The van der Waals surface area contributed by atoms with Gasteiger partial charge in [-0.2, -0.15) is 4.68 Å². The first kappa shape index (κ1) is 14.6. The fraction of sp³-hybridized carbons (Fsp3) is 0.294. The van der Waals surface area contributed by atoms with Crippen molar-refractivity contribution in [3.63, 3.8) is 0 Å². The van der Waals surface area contributed by atoms with Crippen molar-refractivity contribution < 1.29 is 9.21 Å². The lowest BCUT2D eigenvalue weighted by Crippen LogP contribution is -2.28. The van der Waals surface area contributed by atoms with Gasteiger partial charge in [-0.1, -0.05) is 29.4 Å². The van der Waals surface area contributed by atoms with Crippen LogP contribution in [0.15, 0.2) is 40.9 Å². The summed E-state index contributed by atoms with van der Waals surface area (Å²) in [5, 5.41) is 14.9. The number of carbonyl (C=O) groups excluding carboxylic acids is 1. The monoisotopic (exact) mass is 323 g/mol. The van der Waals surface area contributed by atoms with E-state index in [2.05, 4.69) is 20.6 Å². The van der Waals surface area contributed by atoms with Gasteiger partial charge in [-0.15, -0.1) is 10.2 Å². The van der Waals surface area contributed by atoms with E-state index in [-0.39, 0.29) is 11.9 Å². The first-order chi connectivity index (χ1) is 11.6. The highest BCUT2D eigenvalue weighted by Gasteiger charge is 2.52. The van der Waals surface area contributed by atoms with E-state index in [4.69, 9.17) is 4.42 Å². The second kappa shape index (κ2) is 5.30. The molecule has 7 heteroatoms. The van der Waals surface area contributed by atoms with Gasteiger partial charge in [0.05, 0.1) is 5.41 Å². The molecule has 3 aromatic rings. The number of aromatic nitrogens is 4. The molecule has 2 heterocycles. The van der Waals surface area contributed by atoms with Crippen LogP contribution < -0.4 is 5.32 Å². The lowest BCUT2D eigenvalue weighted by atomic mass is 9.91. The normalized spacial score (nSPS) is 15.2. The van der Waals surface area contributed by atoms with Gasteiger partial charge < -0.3 is 9.73 Å². The maximum atomic E-state index is 12.8. The molecule has 122 valence electrons. The molecule has 0 saturated heterocycles. The summed E-state index contributed by atoms with van der Waals surface area (Å²) >= 11 is 0. The van der Waals surface area contributed by atoms with E-state index in [1.807, 2.05) is 31.2 Å². The highest BCUT2D eigenvalue weighted by atomic mass is 16.4. The van der Waals surface area contributed by atoms with Gasteiger partial charge in [0.25, 0.3) is 0 Å². The molecule has 1 aliphatic carbocycles. The van der Waals surface area contributed by atoms with Crippen molar-refractivity contribution in [2.75, 3.05) is 5.32 Å². The molecule has 1 aromatic carbocycles. The third-order valence-electron chi connectivity index (χ3n) is 4.39. The van der Waals surface area contributed by atoms with Crippen LogP contribution >= 0.6 is 0 Å². The summed E-state index contributed by atoms with van der Waals surface area (Å²) in [6.45, 7) is 3.75. The van der Waals surface area contributed by atoms with E-state index < -0.39 is 5.41 Å². The number of amides is 1. The van der Waals surface area contributed by atoms with Crippen molar-refractivity contribution in [2.24, 2.45) is 0 Å². The molecular formula is C17H17N5O2. The predicted octanol–water partition coefficient (Wildman–Crippen LogP) is 2.54. The Morgan fingerprint density at radius 3 is 2.67 bits per heavy atom. The first-order valence-corrected chi connectivity index (χ1v) is 7.82. The van der Waals surface area contributed by atoms with Gasteiger partial charge in [0, 0.05) is 19.2 Å². The molecule has 2 aromatic heterocycles. The van der Waals surface area contributed by atoms with E-state index >= 15 is 0 Å². The lowest BCUT2D eigenvalue weighted by molar-refractivity contribution is -0.118. The molecule has 1 saturated carbocycles. The molecule has 24 heavy (non-hydrogen) atoms. The van der Waals surface area contributed by atoms with Crippen LogP contribution in [0.25, 0.3) is 6.01 Å². The zero-order valence-corrected chi connectivity index (χ0v) is 13.5. The molecule has 7 nitrogen and oxygen atoms in total. The Hall–Kier alpha value is -2.96. The predicted molar refractivity (Wildman–Crippen MR) is 86.9 cm³/mol. The molecule has 1 amide bonds. The van der Waals surface area contributed by atoms with Crippen LogP contribution in [0, 0.1) is 13.8 Å². The summed E-state index contributed by atoms with van der Waals surface area (Å²) < 4.78 is 6.77. The van der Waals surface area contributed by atoms with Gasteiger partial charge >= 0.3 is 6.01 Å². The van der Waals surface area contributed by atoms with Crippen LogP contribution in [0.5, 0.6) is 0 Å². The average Bonchev–Trinajstić information content (AvgIpc) is 3.05. The Morgan fingerprint density at radius 2 is 2.00 bits per heavy atom. The number of anilines is 1. The third-order valence-corrected chi connectivity index (χ3v) is 4.39. The fourth-order valence-corrected chi connectivity index (χ4v) is 2.97. The Kier molecular flexibility index (Phi) is 3.23. The van der Waals surface area contributed by atoms with Gasteiger partial charge in [0.15, 0.2) is 5.82 Å². The summed E-state index contributed by atoms with van der Waals surface area (Å²) in [5.74, 6) is 0.905. The molecule has 1 aliphatic rings. The molecule has 1 N–H and O–H groups in total. The number of hydrogen-bond donors (Lipinski definition) is 1. The average molecular weight is 323 g/mol. The van der Waals surface area contributed by atoms with Crippen molar-refractivity contribution in [1.82, 2.24) is 20.0 Å². The van der Waals surface area contributed by atoms with E-state index in [0.29, 0.717) is 11.7 Å². The van der Waals surface area contributed by atoms with Crippen LogP contribution in [0.4, 0.5) is 5.82 Å². The van der Waals surface area contributed by atoms with E-state index in [9.17, 15) is 4.79 Å². The topological polar surface area (TPSA) is 85.8 Å². The summed E-state index contributed by atoms with van der Waals surface area (Å²) in [7, 11) is 0. The second-order valence-electron chi connectivity index (χ2n) is 6.10. The van der Waals surface area contributed by atoms with Crippen LogP contribution in [-0.2, 0) is 10.2 Å². The molecule has 0 spiro atoms. The number of nitrogens with one attached hydrogen (secondary N) is 1. The zero-order valence-electron chi connectivity index (χ0n) is 13.5. The van der Waals surface area contributed by atoms with Crippen LogP contribution in [0.2, 0.25) is 0 Å². The molecule has 4 rings (SSSR count). The zero-order chi connectivity index (χ0) is 16.7. The van der Waals surface area contributed by atoms with Crippen molar-refractivity contribution in [2.45, 2.75) is 32.1 Å². The highest BCUT2D eigenvalue weighted by Crippen LogP contribution is 2.50.